The van der Waals surface area contributed by atoms with E-state index in [1.807, 2.05) is 0 Å². The van der Waals surface area contributed by atoms with Gasteiger partial charge in [0.05, 0.1) is 23.1 Å². The molecule has 1 aliphatic carbocycles. The maximum absolute atomic E-state index is 12.3. The number of nitrogens with one attached hydrogen (secondary N) is 2. The lowest BCUT2D eigenvalue weighted by Gasteiger charge is -2.16. The summed E-state index contributed by atoms with van der Waals surface area (Å²) in [4.78, 5) is 20.8. The van der Waals surface area contributed by atoms with Gasteiger partial charge in [-0.05, 0) is 31.0 Å². The minimum absolute atomic E-state index is 0.224. The molecule has 1 aromatic carbocycles. The number of halogens is 2. The first-order chi connectivity index (χ1) is 12.1. The summed E-state index contributed by atoms with van der Waals surface area (Å²) in [5.41, 5.74) is 0.670. The highest BCUT2D eigenvalue weighted by atomic mass is 35.5. The zero-order valence-electron chi connectivity index (χ0n) is 13.8. The quantitative estimate of drug-likeness (QED) is 0.720. The zero-order valence-corrected chi connectivity index (χ0v) is 15.3. The van der Waals surface area contributed by atoms with Crippen molar-refractivity contribution in [3.05, 3.63) is 46.3 Å². The molecule has 132 valence electrons. The largest absolute Gasteiger partial charge is 0.366 e. The second-order valence-electron chi connectivity index (χ2n) is 6.20. The van der Waals surface area contributed by atoms with Gasteiger partial charge in [-0.25, -0.2) is 9.97 Å². The molecule has 25 heavy (non-hydrogen) atoms. The molecule has 0 atom stereocenters. The lowest BCUT2D eigenvalue weighted by molar-refractivity contribution is 0.102. The van der Waals surface area contributed by atoms with Crippen molar-refractivity contribution in [3.63, 3.8) is 0 Å². The molecule has 1 heterocycles. The highest BCUT2D eigenvalue weighted by Gasteiger charge is 2.14. The average Bonchev–Trinajstić information content (AvgIpc) is 2.87. The average molecular weight is 379 g/mol. The van der Waals surface area contributed by atoms with Crippen LogP contribution in [-0.2, 0) is 0 Å². The van der Waals surface area contributed by atoms with E-state index in [2.05, 4.69) is 20.6 Å². The van der Waals surface area contributed by atoms with Gasteiger partial charge in [0.1, 0.15) is 11.5 Å². The topological polar surface area (TPSA) is 66.9 Å². The van der Waals surface area contributed by atoms with Gasteiger partial charge in [0.15, 0.2) is 0 Å². The number of amides is 1. The van der Waals surface area contributed by atoms with Crippen molar-refractivity contribution >= 4 is 40.6 Å². The Balaban J connectivity index is 1.63. The number of benzene rings is 1. The first-order valence-electron chi connectivity index (χ1n) is 8.47. The van der Waals surface area contributed by atoms with Crippen LogP contribution in [-0.4, -0.2) is 21.9 Å². The summed E-state index contributed by atoms with van der Waals surface area (Å²) < 4.78 is 0. The lowest BCUT2D eigenvalue weighted by atomic mass is 10.1. The number of hydrogen-bond acceptors (Lipinski definition) is 4. The maximum atomic E-state index is 12.3. The number of hydrogen-bond donors (Lipinski definition) is 2. The molecule has 0 spiro atoms. The number of nitrogens with zero attached hydrogens (tertiary/aromatic N) is 2. The summed E-state index contributed by atoms with van der Waals surface area (Å²) in [6, 6.07) is 5.32. The van der Waals surface area contributed by atoms with Crippen LogP contribution >= 0.6 is 23.2 Å². The van der Waals surface area contributed by atoms with Crippen molar-refractivity contribution in [1.29, 1.82) is 0 Å². The van der Waals surface area contributed by atoms with Crippen LogP contribution in [0.1, 0.15) is 49.0 Å². The molecule has 1 aliphatic rings. The first-order valence-corrected chi connectivity index (χ1v) is 9.22. The van der Waals surface area contributed by atoms with Crippen LogP contribution in [0.4, 0.5) is 11.5 Å². The number of carbonyl (C=O) groups excluding carboxylic acids is 1. The molecule has 0 radical (unpaired) electrons. The number of rotatable bonds is 4. The third kappa shape index (κ3) is 5.06. The van der Waals surface area contributed by atoms with Crippen molar-refractivity contribution in [3.8, 4) is 0 Å². The fraction of sp³-hybridized carbons (Fsp3) is 0.389. The smallest absolute Gasteiger partial charge is 0.275 e. The minimum atomic E-state index is -0.377. The molecule has 0 bridgehead atoms. The van der Waals surface area contributed by atoms with Crippen LogP contribution in [0.25, 0.3) is 0 Å². The van der Waals surface area contributed by atoms with Gasteiger partial charge in [-0.3, -0.25) is 4.79 Å². The molecule has 1 saturated carbocycles. The number of aromatic nitrogens is 2. The van der Waals surface area contributed by atoms with Gasteiger partial charge >= 0.3 is 0 Å². The third-order valence-electron chi connectivity index (χ3n) is 4.27. The van der Waals surface area contributed by atoms with Gasteiger partial charge in [0, 0.05) is 11.1 Å². The first kappa shape index (κ1) is 18.0. The van der Waals surface area contributed by atoms with Crippen LogP contribution in [0.3, 0.4) is 0 Å². The molecule has 2 aromatic rings. The molecular weight excluding hydrogens is 359 g/mol. The Morgan fingerprint density at radius 3 is 2.48 bits per heavy atom. The Hall–Kier alpha value is -1.85. The Morgan fingerprint density at radius 1 is 1.04 bits per heavy atom. The third-order valence-corrected chi connectivity index (χ3v) is 4.83. The predicted molar refractivity (Wildman–Crippen MR) is 102 cm³/mol. The molecule has 1 aromatic heterocycles. The molecule has 2 N–H and O–H groups in total. The fourth-order valence-electron chi connectivity index (χ4n) is 2.93. The van der Waals surface area contributed by atoms with Gasteiger partial charge in [-0.2, -0.15) is 0 Å². The number of carbonyl (C=O) groups is 1. The Morgan fingerprint density at radius 2 is 1.80 bits per heavy atom. The summed E-state index contributed by atoms with van der Waals surface area (Å²) >= 11 is 12.0. The van der Waals surface area contributed by atoms with E-state index in [1.165, 1.54) is 31.9 Å². The lowest BCUT2D eigenvalue weighted by Crippen LogP contribution is -2.20. The van der Waals surface area contributed by atoms with E-state index < -0.39 is 0 Å². The normalized spacial score (nSPS) is 15.4. The standard InChI is InChI=1S/C18H20Cl2N4O/c19-12-7-8-14(20)15(9-12)24-18(25)16-10-22-17(11-21-16)23-13-5-3-1-2-4-6-13/h7-11,13H,1-6H2,(H,22,23)(H,24,25). The minimum Gasteiger partial charge on any atom is -0.366 e. The van der Waals surface area contributed by atoms with Crippen LogP contribution in [0, 0.1) is 0 Å². The van der Waals surface area contributed by atoms with Crippen molar-refractivity contribution in [1.82, 2.24) is 9.97 Å². The van der Waals surface area contributed by atoms with E-state index >= 15 is 0 Å². The molecule has 7 heteroatoms. The molecule has 0 saturated heterocycles. The van der Waals surface area contributed by atoms with Crippen molar-refractivity contribution in [2.45, 2.75) is 44.6 Å². The molecule has 1 fully saturated rings. The molecule has 0 aliphatic heterocycles. The Kier molecular flexibility index (Phi) is 6.10. The van der Waals surface area contributed by atoms with Gasteiger partial charge < -0.3 is 10.6 Å². The van der Waals surface area contributed by atoms with Gasteiger partial charge in [-0.1, -0.05) is 48.9 Å². The molecular formula is C18H20Cl2N4O. The molecule has 0 unspecified atom stereocenters. The molecule has 1 amide bonds. The number of anilines is 2. The summed E-state index contributed by atoms with van der Waals surface area (Å²) in [6.45, 7) is 0. The van der Waals surface area contributed by atoms with Crippen molar-refractivity contribution in [2.75, 3.05) is 10.6 Å². The van der Waals surface area contributed by atoms with Gasteiger partial charge in [0.25, 0.3) is 5.91 Å². The summed E-state index contributed by atoms with van der Waals surface area (Å²) in [7, 11) is 0. The highest BCUT2D eigenvalue weighted by molar-refractivity contribution is 6.35. The predicted octanol–water partition coefficient (Wildman–Crippen LogP) is 5.17. The zero-order chi connectivity index (χ0) is 17.6. The van der Waals surface area contributed by atoms with E-state index in [1.54, 1.807) is 24.4 Å². The van der Waals surface area contributed by atoms with Crippen LogP contribution in [0.15, 0.2) is 30.6 Å². The second-order valence-corrected chi connectivity index (χ2v) is 7.04. The SMILES string of the molecule is O=C(Nc1cc(Cl)ccc1Cl)c1cnc(NC2CCCCCC2)cn1. The summed E-state index contributed by atoms with van der Waals surface area (Å²) in [5, 5.41) is 7.02. The van der Waals surface area contributed by atoms with E-state index in [0.29, 0.717) is 27.6 Å². The van der Waals surface area contributed by atoms with E-state index in [4.69, 9.17) is 23.2 Å². The Labute approximate surface area is 157 Å². The van der Waals surface area contributed by atoms with Crippen molar-refractivity contribution < 1.29 is 4.79 Å². The van der Waals surface area contributed by atoms with Crippen molar-refractivity contribution in [2.24, 2.45) is 0 Å². The van der Waals surface area contributed by atoms with E-state index in [0.717, 1.165) is 12.8 Å². The Bertz CT molecular complexity index is 728. The summed E-state index contributed by atoms with van der Waals surface area (Å²) in [6.07, 6.45) is 10.4. The fourth-order valence-corrected chi connectivity index (χ4v) is 3.27. The van der Waals surface area contributed by atoms with Gasteiger partial charge in [0.2, 0.25) is 0 Å². The van der Waals surface area contributed by atoms with Crippen LogP contribution < -0.4 is 10.6 Å². The monoisotopic (exact) mass is 378 g/mol. The van der Waals surface area contributed by atoms with E-state index in [-0.39, 0.29) is 11.6 Å². The van der Waals surface area contributed by atoms with Crippen LogP contribution in [0.5, 0.6) is 0 Å². The molecule has 3 rings (SSSR count). The summed E-state index contributed by atoms with van der Waals surface area (Å²) in [5.74, 6) is 0.321. The maximum Gasteiger partial charge on any atom is 0.275 e. The second kappa shape index (κ2) is 8.50. The molecule has 5 nitrogen and oxygen atoms in total. The van der Waals surface area contributed by atoms with E-state index in [9.17, 15) is 4.79 Å². The van der Waals surface area contributed by atoms with Crippen LogP contribution in [0.2, 0.25) is 10.0 Å². The highest BCUT2D eigenvalue weighted by Crippen LogP contribution is 2.26. The van der Waals surface area contributed by atoms with Gasteiger partial charge in [-0.15, -0.1) is 0 Å².